The lowest BCUT2D eigenvalue weighted by atomic mass is 9.68. The van der Waals surface area contributed by atoms with Crippen molar-refractivity contribution in [2.24, 2.45) is 5.41 Å². The third-order valence-corrected chi connectivity index (χ3v) is 28.2. The molecule has 0 amide bonds. The lowest BCUT2D eigenvalue weighted by Crippen LogP contribution is -2.33. The predicted molar refractivity (Wildman–Crippen MR) is 484 cm³/mol. The van der Waals surface area contributed by atoms with Crippen molar-refractivity contribution in [2.75, 3.05) is 9.80 Å². The number of anilines is 4. The Labute approximate surface area is 689 Å². The molecule has 568 valence electrons. The highest BCUT2D eigenvalue weighted by atomic mass is 16.3. The molecule has 10 heteroatoms. The van der Waals surface area contributed by atoms with Gasteiger partial charge in [0.25, 0.3) is 0 Å². The maximum Gasteiger partial charge on any atom is 0.235 e. The fourth-order valence-electron chi connectivity index (χ4n) is 23.0. The first-order chi connectivity index (χ1) is 58.4. The van der Waals surface area contributed by atoms with Gasteiger partial charge in [-0.15, -0.1) is 0 Å². The SMILES string of the molecule is CC1(C)c2ccccc2-c2c1c1c3ccccc3ccc1n2-c1nc(C2C=C(C[C@@]3(C)c4ccccc4C4[C@@H]3c3ccccc3N4c3nc(-c4ccccc4)c4cc(-c5ccc6c(c5)oc5ccc7c(c56)C5C(C6=C(CCC=C6)C5(C)C)N7c5nc(-c6ccccc6)c6cc(-c7ccccc7)ccc6n5)ccc4n3)C=CC2)c2ccccc2n1. The van der Waals surface area contributed by atoms with E-state index in [1.165, 1.54) is 77.5 Å². The van der Waals surface area contributed by atoms with Crippen LogP contribution in [0, 0.1) is 5.41 Å². The van der Waals surface area contributed by atoms with Crippen molar-refractivity contribution in [2.45, 2.75) is 101 Å². The Hall–Kier alpha value is -14.0. The van der Waals surface area contributed by atoms with Gasteiger partial charge < -0.3 is 14.2 Å². The molecule has 119 heavy (non-hydrogen) atoms. The van der Waals surface area contributed by atoms with Crippen LogP contribution < -0.4 is 9.80 Å². The zero-order valence-corrected chi connectivity index (χ0v) is 66.7. The second-order valence-corrected chi connectivity index (χ2v) is 35.2. The van der Waals surface area contributed by atoms with Crippen LogP contribution in [0.1, 0.15) is 123 Å². The Balaban J connectivity index is 0.578. The molecule has 0 fully saturated rings. The van der Waals surface area contributed by atoms with E-state index in [9.17, 15) is 0 Å². The van der Waals surface area contributed by atoms with Crippen LogP contribution in [0.25, 0.3) is 138 Å². The van der Waals surface area contributed by atoms with E-state index in [0.717, 1.165) is 148 Å². The van der Waals surface area contributed by atoms with E-state index < -0.39 is 0 Å². The Morgan fingerprint density at radius 3 is 1.80 bits per heavy atom. The minimum Gasteiger partial charge on any atom is -0.456 e. The molecule has 5 aromatic heterocycles. The number of para-hydroxylation sites is 2. The van der Waals surface area contributed by atoms with Crippen molar-refractivity contribution in [3.63, 3.8) is 0 Å². The van der Waals surface area contributed by atoms with E-state index in [4.69, 9.17) is 34.3 Å². The van der Waals surface area contributed by atoms with Gasteiger partial charge in [-0.3, -0.25) is 4.57 Å². The molecule has 0 saturated carbocycles. The van der Waals surface area contributed by atoms with Crippen molar-refractivity contribution in [3.05, 3.63) is 377 Å². The fourth-order valence-corrected chi connectivity index (χ4v) is 23.0. The van der Waals surface area contributed by atoms with E-state index in [2.05, 4.69) is 371 Å². The molecule has 25 rings (SSSR count). The summed E-state index contributed by atoms with van der Waals surface area (Å²) in [6.45, 7) is 12.2. The maximum absolute atomic E-state index is 7.17. The van der Waals surface area contributed by atoms with Gasteiger partial charge in [-0.05, 0) is 170 Å². The van der Waals surface area contributed by atoms with Crippen LogP contribution in [0.2, 0.25) is 0 Å². The third-order valence-electron chi connectivity index (χ3n) is 28.2. The molecule has 0 N–H and O–H groups in total. The number of benzene rings is 13. The Bertz CT molecular complexity index is 7570. The highest BCUT2D eigenvalue weighted by Crippen LogP contribution is 2.68. The van der Waals surface area contributed by atoms with E-state index in [-0.39, 0.29) is 46.1 Å². The first-order valence-electron chi connectivity index (χ1n) is 42.2. The molecule has 18 aromatic rings. The van der Waals surface area contributed by atoms with Gasteiger partial charge in [-0.25, -0.2) is 29.9 Å². The molecule has 7 aliphatic rings. The van der Waals surface area contributed by atoms with Crippen LogP contribution in [0.15, 0.2) is 343 Å². The standard InChI is InChI=1S/C109H81N9O/c1-107(2)81-43-22-17-38-73(81)102-96(107)92-72-37-16-15-31-65(72)51-55-88(92)117(102)105-110-84-46-25-20-41-76(84)100(115-105)71-36-27-28-63(58-71)62-109(5)83-45-24-19-40-75(83)101-95(109)77-42-21-26-47-87(77)116(101)104-111-86-54-50-69(60-80(86)99(113-104)67-34-13-8-14-35-67)70-48-52-78-91(61-70)119-90-57-56-89-94(93(78)90)97-103(74-39-18-23-44-82(74)108(97,3)4)118(89)106-112-85-53-49-68(64-29-9-6-10-30-64)59-79(85)98(114-106)66-32-11-7-12-33-66/h6-22,24-35,37-43,45-61,71,95,97,101,103H,23,36,44,62H2,1-5H3/t71?,95-,97?,101?,103?,109-/m0/s1. The average Bonchev–Trinajstić information content (AvgIpc) is 1.53. The lowest BCUT2D eigenvalue weighted by molar-refractivity contribution is 0.362. The van der Waals surface area contributed by atoms with Crippen LogP contribution >= 0.6 is 0 Å². The number of hydrogen-bond acceptors (Lipinski definition) is 9. The minimum atomic E-state index is -0.343. The number of hydrogen-bond donors (Lipinski definition) is 0. The summed E-state index contributed by atoms with van der Waals surface area (Å²) in [5.41, 5.74) is 31.0. The number of allylic oxidation sites excluding steroid dienone is 6. The molecule has 5 aliphatic carbocycles. The van der Waals surface area contributed by atoms with Gasteiger partial charge in [0.1, 0.15) is 11.2 Å². The van der Waals surface area contributed by atoms with Gasteiger partial charge in [0, 0.05) is 89.0 Å². The van der Waals surface area contributed by atoms with E-state index >= 15 is 0 Å². The van der Waals surface area contributed by atoms with Gasteiger partial charge in [0.2, 0.25) is 17.8 Å². The molecule has 0 radical (unpaired) electrons. The summed E-state index contributed by atoms with van der Waals surface area (Å²) >= 11 is 0. The van der Waals surface area contributed by atoms with E-state index in [0.29, 0.717) is 17.8 Å². The summed E-state index contributed by atoms with van der Waals surface area (Å²) in [5, 5.41) is 9.08. The maximum atomic E-state index is 7.17. The summed E-state index contributed by atoms with van der Waals surface area (Å²) in [6.07, 6.45) is 15.8. The largest absolute Gasteiger partial charge is 0.456 e. The summed E-state index contributed by atoms with van der Waals surface area (Å²) in [6, 6.07) is 106. The van der Waals surface area contributed by atoms with Crippen LogP contribution in [0.4, 0.5) is 23.3 Å². The summed E-state index contributed by atoms with van der Waals surface area (Å²) in [4.78, 5) is 39.2. The normalized spacial score (nSPS) is 20.1. The average molecular weight is 1530 g/mol. The van der Waals surface area contributed by atoms with Gasteiger partial charge in [-0.1, -0.05) is 301 Å². The van der Waals surface area contributed by atoms with Gasteiger partial charge in [0.05, 0.1) is 56.9 Å². The highest BCUT2D eigenvalue weighted by molar-refractivity contribution is 6.15. The number of furan rings is 1. The topological polar surface area (TPSA) is 102 Å². The van der Waals surface area contributed by atoms with Gasteiger partial charge in [-0.2, -0.15) is 0 Å². The summed E-state index contributed by atoms with van der Waals surface area (Å²) in [5.74, 6) is 2.24. The quantitative estimate of drug-likeness (QED) is 0.132. The van der Waals surface area contributed by atoms with Crippen LogP contribution in [-0.4, -0.2) is 40.5 Å². The molecular formula is C109H81N9O. The van der Waals surface area contributed by atoms with Crippen molar-refractivity contribution in [1.82, 2.24) is 34.5 Å². The number of rotatable bonds is 10. The third kappa shape index (κ3) is 9.83. The van der Waals surface area contributed by atoms with Crippen molar-refractivity contribution in [1.29, 1.82) is 0 Å². The molecule has 10 nitrogen and oxygen atoms in total. The molecule has 13 aromatic carbocycles. The summed E-state index contributed by atoms with van der Waals surface area (Å²) < 4.78 is 9.56. The van der Waals surface area contributed by atoms with Gasteiger partial charge >= 0.3 is 0 Å². The molecular weight excluding hydrogens is 1450 g/mol. The van der Waals surface area contributed by atoms with Crippen molar-refractivity contribution in [3.8, 4) is 62.0 Å². The smallest absolute Gasteiger partial charge is 0.235 e. The van der Waals surface area contributed by atoms with Crippen molar-refractivity contribution >= 4 is 99.6 Å². The second-order valence-electron chi connectivity index (χ2n) is 35.2. The van der Waals surface area contributed by atoms with Gasteiger partial charge in [0.15, 0.2) is 0 Å². The van der Waals surface area contributed by atoms with E-state index in [1.807, 2.05) is 0 Å². The molecule has 0 saturated heterocycles. The molecule has 4 unspecified atom stereocenters. The zero-order valence-electron chi connectivity index (χ0n) is 66.7. The minimum absolute atomic E-state index is 0.00707. The zero-order chi connectivity index (χ0) is 78.9. The first kappa shape index (κ1) is 68.3. The summed E-state index contributed by atoms with van der Waals surface area (Å²) in [7, 11) is 0. The van der Waals surface area contributed by atoms with Crippen LogP contribution in [-0.2, 0) is 10.8 Å². The number of nitrogens with zero attached hydrogens (tertiary/aromatic N) is 9. The monoisotopic (exact) mass is 1530 g/mol. The predicted octanol–water partition coefficient (Wildman–Crippen LogP) is 27.1. The van der Waals surface area contributed by atoms with Crippen molar-refractivity contribution < 1.29 is 4.42 Å². The Morgan fingerprint density at radius 1 is 0.429 bits per heavy atom. The molecule has 0 bridgehead atoms. The Kier molecular flexibility index (Phi) is 14.5. The number of fused-ring (bicyclic) bond motifs is 23. The first-order valence-corrected chi connectivity index (χ1v) is 42.2. The highest BCUT2D eigenvalue weighted by Gasteiger charge is 2.59. The van der Waals surface area contributed by atoms with Crippen LogP contribution in [0.5, 0.6) is 0 Å². The lowest BCUT2D eigenvalue weighted by Gasteiger charge is -2.34. The number of aromatic nitrogens is 7. The molecule has 2 aliphatic heterocycles. The Morgan fingerprint density at radius 2 is 1.04 bits per heavy atom. The molecule has 6 atom stereocenters. The van der Waals surface area contributed by atoms with Crippen LogP contribution in [0.3, 0.4) is 0 Å². The molecule has 7 heterocycles. The van der Waals surface area contributed by atoms with E-state index in [1.54, 1.807) is 0 Å². The fraction of sp³-hybridized carbons (Fsp3) is 0.156. The second kappa shape index (κ2) is 25.3. The molecule has 0 spiro atoms.